The largest absolute Gasteiger partial charge is 0.478 e. The summed E-state index contributed by atoms with van der Waals surface area (Å²) in [5.74, 6) is -0.644. The highest BCUT2D eigenvalue weighted by Gasteiger charge is 2.29. The van der Waals surface area contributed by atoms with Crippen LogP contribution in [0.15, 0.2) is 80.7 Å². The number of benzene rings is 2. The standard InChI is InChI=1S/C22H17N3O6S/c1-13-19(21(26)25(24-13)16-4-2-3-15(11-16)22(27)28)12-17-7-10-20(31-17)14-5-8-18(9-6-14)32(23,29)30/h2-12H,1H3,(H,27,28)(H2,23,29,30). The molecule has 2 heterocycles. The minimum Gasteiger partial charge on any atom is -0.478 e. The van der Waals surface area contributed by atoms with Crippen LogP contribution in [0.4, 0.5) is 5.69 Å². The van der Waals surface area contributed by atoms with Gasteiger partial charge in [-0.2, -0.15) is 10.1 Å². The van der Waals surface area contributed by atoms with Gasteiger partial charge in [0.2, 0.25) is 10.0 Å². The highest BCUT2D eigenvalue weighted by molar-refractivity contribution is 7.89. The average molecular weight is 451 g/mol. The second-order valence-electron chi connectivity index (χ2n) is 6.99. The molecule has 9 nitrogen and oxygen atoms in total. The number of hydrogen-bond acceptors (Lipinski definition) is 6. The Morgan fingerprint density at radius 1 is 1.12 bits per heavy atom. The summed E-state index contributed by atoms with van der Waals surface area (Å²) in [6, 6.07) is 15.2. The first kappa shape index (κ1) is 21.2. The number of sulfonamides is 1. The van der Waals surface area contributed by atoms with E-state index in [9.17, 15) is 18.0 Å². The van der Waals surface area contributed by atoms with E-state index in [4.69, 9.17) is 14.7 Å². The summed E-state index contributed by atoms with van der Waals surface area (Å²) in [5, 5.41) is 19.7. The number of hydrogen-bond donors (Lipinski definition) is 2. The highest BCUT2D eigenvalue weighted by atomic mass is 32.2. The number of furan rings is 1. The number of nitrogens with two attached hydrogens (primary N) is 1. The maximum absolute atomic E-state index is 12.9. The third kappa shape index (κ3) is 4.09. The first-order valence-electron chi connectivity index (χ1n) is 9.31. The summed E-state index contributed by atoms with van der Waals surface area (Å²) in [7, 11) is -3.79. The van der Waals surface area contributed by atoms with Crippen LogP contribution in [0.2, 0.25) is 0 Å². The van der Waals surface area contributed by atoms with Gasteiger partial charge in [-0.3, -0.25) is 4.79 Å². The lowest BCUT2D eigenvalue weighted by molar-refractivity contribution is -0.114. The molecule has 1 aliphatic heterocycles. The number of amides is 1. The minimum atomic E-state index is -3.79. The number of carboxylic acid groups (broad SMARTS) is 1. The van der Waals surface area contributed by atoms with Crippen molar-refractivity contribution in [2.24, 2.45) is 10.2 Å². The molecule has 0 bridgehead atoms. The van der Waals surface area contributed by atoms with Crippen molar-refractivity contribution in [2.75, 3.05) is 5.01 Å². The van der Waals surface area contributed by atoms with Crippen LogP contribution >= 0.6 is 0 Å². The zero-order chi connectivity index (χ0) is 23.0. The molecule has 0 spiro atoms. The molecule has 0 saturated carbocycles. The first-order valence-corrected chi connectivity index (χ1v) is 10.9. The van der Waals surface area contributed by atoms with Crippen LogP contribution in [0.5, 0.6) is 0 Å². The molecule has 3 aromatic rings. The molecule has 3 N–H and O–H groups in total. The lowest BCUT2D eigenvalue weighted by Crippen LogP contribution is -2.21. The second-order valence-corrected chi connectivity index (χ2v) is 8.55. The van der Waals surface area contributed by atoms with Gasteiger partial charge in [-0.15, -0.1) is 0 Å². The molecule has 32 heavy (non-hydrogen) atoms. The van der Waals surface area contributed by atoms with Gasteiger partial charge in [-0.25, -0.2) is 18.4 Å². The third-order valence-electron chi connectivity index (χ3n) is 4.78. The Bertz CT molecular complexity index is 1400. The molecule has 1 aromatic heterocycles. The molecule has 10 heteroatoms. The van der Waals surface area contributed by atoms with E-state index in [-0.39, 0.29) is 10.5 Å². The molecule has 1 aliphatic rings. The Labute approximate surface area is 183 Å². The van der Waals surface area contributed by atoms with E-state index in [0.29, 0.717) is 34.1 Å². The molecule has 0 unspecified atom stereocenters. The van der Waals surface area contributed by atoms with E-state index < -0.39 is 21.9 Å². The summed E-state index contributed by atoms with van der Waals surface area (Å²) in [4.78, 5) is 24.1. The number of nitrogens with zero attached hydrogens (tertiary/aromatic N) is 2. The Morgan fingerprint density at radius 3 is 2.50 bits per heavy atom. The first-order chi connectivity index (χ1) is 15.1. The number of aromatic carboxylic acids is 1. The molecule has 4 rings (SSSR count). The van der Waals surface area contributed by atoms with Crippen LogP contribution in [0, 0.1) is 0 Å². The summed E-state index contributed by atoms with van der Waals surface area (Å²) < 4.78 is 28.6. The topological polar surface area (TPSA) is 143 Å². The fourth-order valence-electron chi connectivity index (χ4n) is 3.17. The van der Waals surface area contributed by atoms with Crippen molar-refractivity contribution in [3.05, 3.63) is 77.6 Å². The molecule has 0 aliphatic carbocycles. The summed E-state index contributed by atoms with van der Waals surface area (Å²) in [5.41, 5.74) is 1.78. The van der Waals surface area contributed by atoms with E-state index >= 15 is 0 Å². The van der Waals surface area contributed by atoms with Gasteiger partial charge in [-0.05, 0) is 67.6 Å². The predicted octanol–water partition coefficient (Wildman–Crippen LogP) is 3.10. The maximum Gasteiger partial charge on any atom is 0.335 e. The third-order valence-corrected chi connectivity index (χ3v) is 5.71. The Morgan fingerprint density at radius 2 is 1.84 bits per heavy atom. The van der Waals surface area contributed by atoms with Crippen molar-refractivity contribution < 1.29 is 27.5 Å². The van der Waals surface area contributed by atoms with Crippen molar-refractivity contribution in [3.8, 4) is 11.3 Å². The van der Waals surface area contributed by atoms with Crippen LogP contribution in [0.3, 0.4) is 0 Å². The fraction of sp³-hybridized carbons (Fsp3) is 0.0455. The predicted molar refractivity (Wildman–Crippen MR) is 117 cm³/mol. The van der Waals surface area contributed by atoms with Crippen molar-refractivity contribution in [1.82, 2.24) is 0 Å². The van der Waals surface area contributed by atoms with Crippen molar-refractivity contribution in [1.29, 1.82) is 0 Å². The number of hydrazone groups is 1. The fourth-order valence-corrected chi connectivity index (χ4v) is 3.68. The number of carboxylic acids is 1. The summed E-state index contributed by atoms with van der Waals surface area (Å²) in [6.07, 6.45) is 1.55. The van der Waals surface area contributed by atoms with Crippen molar-refractivity contribution in [2.45, 2.75) is 11.8 Å². The lowest BCUT2D eigenvalue weighted by atomic mass is 10.1. The molecule has 1 amide bonds. The van der Waals surface area contributed by atoms with Crippen LogP contribution in [-0.2, 0) is 14.8 Å². The molecule has 0 radical (unpaired) electrons. The van der Waals surface area contributed by atoms with E-state index in [2.05, 4.69) is 5.10 Å². The number of primary sulfonamides is 1. The smallest absolute Gasteiger partial charge is 0.335 e. The lowest BCUT2D eigenvalue weighted by Gasteiger charge is -2.12. The van der Waals surface area contributed by atoms with Gasteiger partial charge >= 0.3 is 5.97 Å². The van der Waals surface area contributed by atoms with Gasteiger partial charge in [0.1, 0.15) is 11.5 Å². The molecule has 0 atom stereocenters. The van der Waals surface area contributed by atoms with Crippen LogP contribution in [0.25, 0.3) is 17.4 Å². The van der Waals surface area contributed by atoms with Gasteiger partial charge in [0.25, 0.3) is 5.91 Å². The summed E-state index contributed by atoms with van der Waals surface area (Å²) >= 11 is 0. The van der Waals surface area contributed by atoms with Crippen LogP contribution in [-0.4, -0.2) is 31.1 Å². The van der Waals surface area contributed by atoms with Crippen molar-refractivity contribution >= 4 is 39.4 Å². The SMILES string of the molecule is CC1=NN(c2cccc(C(=O)O)c2)C(=O)C1=Cc1ccc(-c2ccc(S(N)(=O)=O)cc2)o1. The molecule has 0 fully saturated rings. The molecule has 162 valence electrons. The Balaban J connectivity index is 1.60. The van der Waals surface area contributed by atoms with Gasteiger partial charge in [0.15, 0.2) is 0 Å². The molecular weight excluding hydrogens is 434 g/mol. The highest BCUT2D eigenvalue weighted by Crippen LogP contribution is 2.28. The monoisotopic (exact) mass is 451 g/mol. The average Bonchev–Trinajstić information content (AvgIpc) is 3.33. The summed E-state index contributed by atoms with van der Waals surface area (Å²) in [6.45, 7) is 1.67. The van der Waals surface area contributed by atoms with E-state index in [1.54, 1.807) is 49.4 Å². The van der Waals surface area contributed by atoms with Gasteiger partial charge in [0, 0.05) is 5.56 Å². The number of anilines is 1. The molecular formula is C22H17N3O6S. The van der Waals surface area contributed by atoms with E-state index in [1.807, 2.05) is 0 Å². The Kier molecular flexibility index (Phi) is 5.25. The Hall–Kier alpha value is -4.02. The number of rotatable bonds is 5. The zero-order valence-corrected chi connectivity index (χ0v) is 17.5. The quantitative estimate of drug-likeness (QED) is 0.571. The second kappa shape index (κ2) is 7.91. The van der Waals surface area contributed by atoms with Crippen molar-refractivity contribution in [3.63, 3.8) is 0 Å². The maximum atomic E-state index is 12.9. The zero-order valence-electron chi connectivity index (χ0n) is 16.7. The van der Waals surface area contributed by atoms with Gasteiger partial charge in [-0.1, -0.05) is 6.07 Å². The van der Waals surface area contributed by atoms with E-state index in [1.165, 1.54) is 24.3 Å². The number of carbonyl (C=O) groups is 2. The normalized spacial score (nSPS) is 15.3. The van der Waals surface area contributed by atoms with Crippen LogP contribution in [0.1, 0.15) is 23.0 Å². The molecule has 0 saturated heterocycles. The van der Waals surface area contributed by atoms with E-state index in [0.717, 1.165) is 5.01 Å². The van der Waals surface area contributed by atoms with Crippen LogP contribution < -0.4 is 10.1 Å². The van der Waals surface area contributed by atoms with Gasteiger partial charge in [0.05, 0.1) is 27.4 Å². The minimum absolute atomic E-state index is 0.00871. The molecule has 2 aromatic carbocycles. The number of carbonyl (C=O) groups excluding carboxylic acids is 1. The van der Waals surface area contributed by atoms with Gasteiger partial charge < -0.3 is 9.52 Å².